The number of nitrogens with one attached hydrogen (secondary N) is 1. The summed E-state index contributed by atoms with van der Waals surface area (Å²) in [7, 11) is 0. The van der Waals surface area contributed by atoms with Gasteiger partial charge in [-0.1, -0.05) is 17.7 Å². The highest BCUT2D eigenvalue weighted by molar-refractivity contribution is 7.80. The molecule has 140 valence electrons. The van der Waals surface area contributed by atoms with Crippen LogP contribution in [-0.2, 0) is 0 Å². The van der Waals surface area contributed by atoms with E-state index in [-0.39, 0.29) is 0 Å². The number of rotatable bonds is 2. The molecular formula is C22H31N3S. The summed E-state index contributed by atoms with van der Waals surface area (Å²) in [6.07, 6.45) is 7.62. The molecule has 0 atom stereocenters. The monoisotopic (exact) mass is 369 g/mol. The number of anilines is 1. The number of benzene rings is 1. The molecule has 1 N–H and O–H groups in total. The van der Waals surface area contributed by atoms with Crippen LogP contribution < -0.4 is 5.32 Å². The molecular weight excluding hydrogens is 338 g/mol. The zero-order valence-electron chi connectivity index (χ0n) is 15.9. The van der Waals surface area contributed by atoms with Crippen molar-refractivity contribution in [3.63, 3.8) is 0 Å². The Morgan fingerprint density at radius 3 is 2.04 bits per heavy atom. The lowest BCUT2D eigenvalue weighted by molar-refractivity contribution is -0.0726. The van der Waals surface area contributed by atoms with E-state index in [4.69, 9.17) is 12.2 Å². The highest BCUT2D eigenvalue weighted by Crippen LogP contribution is 2.55. The van der Waals surface area contributed by atoms with Crippen LogP contribution in [0.1, 0.15) is 37.7 Å². The molecule has 4 heteroatoms. The maximum atomic E-state index is 5.68. The molecule has 1 aromatic rings. The molecule has 0 radical (unpaired) electrons. The highest BCUT2D eigenvalue weighted by atomic mass is 32.1. The Balaban J connectivity index is 1.17. The van der Waals surface area contributed by atoms with Gasteiger partial charge in [-0.2, -0.15) is 0 Å². The molecule has 26 heavy (non-hydrogen) atoms. The third kappa shape index (κ3) is 3.16. The molecule has 6 rings (SSSR count). The van der Waals surface area contributed by atoms with Crippen LogP contribution in [-0.4, -0.2) is 47.1 Å². The van der Waals surface area contributed by atoms with Gasteiger partial charge in [0.25, 0.3) is 0 Å². The largest absolute Gasteiger partial charge is 0.346 e. The van der Waals surface area contributed by atoms with E-state index in [2.05, 4.69) is 46.3 Å². The number of piperazine rings is 1. The predicted octanol–water partition coefficient (Wildman–Crippen LogP) is 4.13. The molecule has 0 spiro atoms. The van der Waals surface area contributed by atoms with Crippen molar-refractivity contribution in [1.82, 2.24) is 9.80 Å². The maximum absolute atomic E-state index is 5.68. The maximum Gasteiger partial charge on any atom is 0.173 e. The number of thiocarbonyl (C=S) groups is 1. The van der Waals surface area contributed by atoms with E-state index >= 15 is 0 Å². The van der Waals surface area contributed by atoms with Gasteiger partial charge < -0.3 is 10.2 Å². The number of hydrogen-bond donors (Lipinski definition) is 1. The molecule has 4 saturated carbocycles. The Hall–Kier alpha value is -1.13. The van der Waals surface area contributed by atoms with E-state index in [1.165, 1.54) is 44.3 Å². The van der Waals surface area contributed by atoms with Gasteiger partial charge >= 0.3 is 0 Å². The van der Waals surface area contributed by atoms with Crippen molar-refractivity contribution in [1.29, 1.82) is 0 Å². The van der Waals surface area contributed by atoms with Crippen molar-refractivity contribution in [2.24, 2.45) is 23.7 Å². The van der Waals surface area contributed by atoms with E-state index in [0.717, 1.165) is 53.6 Å². The topological polar surface area (TPSA) is 18.5 Å². The summed E-state index contributed by atoms with van der Waals surface area (Å²) >= 11 is 5.68. The molecule has 1 aliphatic heterocycles. The molecule has 1 aromatic carbocycles. The summed E-state index contributed by atoms with van der Waals surface area (Å²) in [6, 6.07) is 9.38. The molecule has 5 aliphatic rings. The van der Waals surface area contributed by atoms with Gasteiger partial charge in [0.15, 0.2) is 5.11 Å². The molecule has 5 fully saturated rings. The molecule has 4 bridgehead atoms. The minimum absolute atomic E-state index is 0.878. The lowest BCUT2D eigenvalue weighted by Gasteiger charge is -2.58. The van der Waals surface area contributed by atoms with E-state index in [9.17, 15) is 0 Å². The second kappa shape index (κ2) is 6.79. The smallest absolute Gasteiger partial charge is 0.173 e. The van der Waals surface area contributed by atoms with Gasteiger partial charge in [-0.25, -0.2) is 0 Å². The third-order valence-corrected chi connectivity index (χ3v) is 7.86. The van der Waals surface area contributed by atoms with Crippen molar-refractivity contribution < 1.29 is 0 Å². The van der Waals surface area contributed by atoms with Crippen molar-refractivity contribution in [3.8, 4) is 0 Å². The SMILES string of the molecule is Cc1ccc(NC(=S)N2CCN(C3C4CC5CC(C4)CC3C5)CC2)cc1. The minimum Gasteiger partial charge on any atom is -0.346 e. The molecule has 0 unspecified atom stereocenters. The normalized spacial score (nSPS) is 36.3. The minimum atomic E-state index is 0.878. The fourth-order valence-corrected chi connectivity index (χ4v) is 6.86. The fraction of sp³-hybridized carbons (Fsp3) is 0.682. The first-order valence-electron chi connectivity index (χ1n) is 10.5. The second-order valence-electron chi connectivity index (χ2n) is 9.24. The van der Waals surface area contributed by atoms with Gasteiger partial charge in [0.1, 0.15) is 0 Å². The van der Waals surface area contributed by atoms with Gasteiger partial charge in [0.05, 0.1) is 0 Å². The quantitative estimate of drug-likeness (QED) is 0.790. The number of nitrogens with zero attached hydrogens (tertiary/aromatic N) is 2. The van der Waals surface area contributed by atoms with Gasteiger partial charge in [-0.3, -0.25) is 4.90 Å². The summed E-state index contributed by atoms with van der Waals surface area (Å²) in [4.78, 5) is 5.19. The van der Waals surface area contributed by atoms with Crippen LogP contribution in [0.4, 0.5) is 5.69 Å². The van der Waals surface area contributed by atoms with E-state index in [1.807, 2.05) is 0 Å². The molecule has 3 nitrogen and oxygen atoms in total. The predicted molar refractivity (Wildman–Crippen MR) is 111 cm³/mol. The molecule has 1 heterocycles. The van der Waals surface area contributed by atoms with Crippen molar-refractivity contribution in [2.75, 3.05) is 31.5 Å². The number of aryl methyl sites for hydroxylation is 1. The van der Waals surface area contributed by atoms with Gasteiger partial charge in [-0.15, -0.1) is 0 Å². The lowest BCUT2D eigenvalue weighted by Crippen LogP contribution is -2.60. The van der Waals surface area contributed by atoms with Crippen molar-refractivity contribution >= 4 is 23.0 Å². The zero-order valence-corrected chi connectivity index (χ0v) is 16.7. The molecule has 1 saturated heterocycles. The zero-order chi connectivity index (χ0) is 17.7. The lowest BCUT2D eigenvalue weighted by atomic mass is 9.54. The summed E-state index contributed by atoms with van der Waals surface area (Å²) < 4.78 is 0. The first kappa shape index (κ1) is 17.0. The Labute approximate surface area is 163 Å². The van der Waals surface area contributed by atoms with Crippen molar-refractivity contribution in [3.05, 3.63) is 29.8 Å². The van der Waals surface area contributed by atoms with Crippen LogP contribution in [0.15, 0.2) is 24.3 Å². The van der Waals surface area contributed by atoms with Crippen LogP contribution >= 0.6 is 12.2 Å². The average molecular weight is 370 g/mol. The Morgan fingerprint density at radius 1 is 0.885 bits per heavy atom. The Morgan fingerprint density at radius 2 is 1.46 bits per heavy atom. The summed E-state index contributed by atoms with van der Waals surface area (Å²) in [5, 5.41) is 4.31. The van der Waals surface area contributed by atoms with Crippen molar-refractivity contribution in [2.45, 2.75) is 45.1 Å². The summed E-state index contributed by atoms with van der Waals surface area (Å²) in [5.41, 5.74) is 2.38. The first-order valence-corrected chi connectivity index (χ1v) is 10.9. The Bertz CT molecular complexity index is 634. The second-order valence-corrected chi connectivity index (χ2v) is 9.63. The van der Waals surface area contributed by atoms with Crippen LogP contribution in [0.2, 0.25) is 0 Å². The van der Waals surface area contributed by atoms with Crippen LogP contribution in [0.3, 0.4) is 0 Å². The molecule has 0 aromatic heterocycles. The van der Waals surface area contributed by atoms with Crippen LogP contribution in [0.5, 0.6) is 0 Å². The molecule has 0 amide bonds. The van der Waals surface area contributed by atoms with Crippen LogP contribution in [0, 0.1) is 30.6 Å². The van der Waals surface area contributed by atoms with E-state index < -0.39 is 0 Å². The van der Waals surface area contributed by atoms with E-state index in [1.54, 1.807) is 6.42 Å². The average Bonchev–Trinajstić information content (AvgIpc) is 2.63. The highest BCUT2D eigenvalue weighted by Gasteiger charge is 2.50. The van der Waals surface area contributed by atoms with Gasteiger partial charge in [0.2, 0.25) is 0 Å². The van der Waals surface area contributed by atoms with Gasteiger partial charge in [0, 0.05) is 37.9 Å². The van der Waals surface area contributed by atoms with E-state index in [0.29, 0.717) is 0 Å². The standard InChI is InChI=1S/C22H31N3S/c1-15-2-4-20(5-3-15)23-22(26)25-8-6-24(7-9-25)21-18-11-16-10-17(13-18)14-19(21)12-16/h2-5,16-19,21H,6-14H2,1H3,(H,23,26). The Kier molecular flexibility index (Phi) is 4.44. The number of hydrogen-bond acceptors (Lipinski definition) is 2. The molecule has 4 aliphatic carbocycles. The first-order chi connectivity index (χ1) is 12.7. The fourth-order valence-electron chi connectivity index (χ4n) is 6.56. The summed E-state index contributed by atoms with van der Waals surface area (Å²) in [5.74, 6) is 4.13. The van der Waals surface area contributed by atoms with Crippen LogP contribution in [0.25, 0.3) is 0 Å². The third-order valence-electron chi connectivity index (χ3n) is 7.50. The van der Waals surface area contributed by atoms with Gasteiger partial charge in [-0.05, 0) is 87.1 Å². The summed E-state index contributed by atoms with van der Waals surface area (Å²) in [6.45, 7) is 6.62.